The molecular weight excluding hydrogens is 636 g/mol. The van der Waals surface area contributed by atoms with Crippen molar-refractivity contribution in [3.8, 4) is 22.3 Å². The van der Waals surface area contributed by atoms with Gasteiger partial charge in [-0.05, 0) is 121 Å². The molecule has 3 aromatic carbocycles. The normalized spacial score (nSPS) is 15.8. The molecule has 0 spiro atoms. The van der Waals surface area contributed by atoms with E-state index in [2.05, 4.69) is 94.6 Å². The van der Waals surface area contributed by atoms with Gasteiger partial charge in [-0.25, -0.2) is 9.59 Å². The highest BCUT2D eigenvalue weighted by atomic mass is 16.5. The van der Waals surface area contributed by atoms with Gasteiger partial charge in [0, 0.05) is 5.92 Å². The Balaban J connectivity index is 1.32. The molecule has 2 N–H and O–H groups in total. The summed E-state index contributed by atoms with van der Waals surface area (Å²) in [5, 5.41) is 18.4. The van der Waals surface area contributed by atoms with Gasteiger partial charge in [0.25, 0.3) is 0 Å². The zero-order valence-corrected chi connectivity index (χ0v) is 31.1. The van der Waals surface area contributed by atoms with Gasteiger partial charge in [-0.1, -0.05) is 101 Å². The van der Waals surface area contributed by atoms with E-state index in [9.17, 15) is 19.8 Å². The zero-order valence-electron chi connectivity index (χ0n) is 31.1. The summed E-state index contributed by atoms with van der Waals surface area (Å²) < 4.78 is 10.7. The molecular formula is C45H58O6. The number of rotatable bonds is 19. The van der Waals surface area contributed by atoms with Crippen LogP contribution in [0.4, 0.5) is 0 Å². The molecule has 1 fully saturated rings. The number of unbranched alkanes of at least 4 members (excludes halogenated alkanes) is 2. The second-order valence-electron chi connectivity index (χ2n) is 14.3. The average Bonchev–Trinajstić information content (AvgIpc) is 3.17. The molecule has 0 atom stereocenters. The van der Waals surface area contributed by atoms with Crippen molar-refractivity contribution in [1.29, 1.82) is 0 Å². The predicted molar refractivity (Wildman–Crippen MR) is 206 cm³/mol. The quantitative estimate of drug-likeness (QED) is 0.0738. The van der Waals surface area contributed by atoms with Crippen molar-refractivity contribution in [2.75, 3.05) is 26.4 Å². The fourth-order valence-electron chi connectivity index (χ4n) is 7.24. The molecule has 0 unspecified atom stereocenters. The van der Waals surface area contributed by atoms with E-state index in [-0.39, 0.29) is 30.3 Å². The molecule has 6 heteroatoms. The van der Waals surface area contributed by atoms with E-state index in [0.29, 0.717) is 11.8 Å². The van der Waals surface area contributed by atoms with Gasteiger partial charge in [0.15, 0.2) is 0 Å². The minimum absolute atomic E-state index is 0.0150. The third-order valence-electron chi connectivity index (χ3n) is 10.6. The Morgan fingerprint density at radius 1 is 0.765 bits per heavy atom. The summed E-state index contributed by atoms with van der Waals surface area (Å²) in [6.07, 6.45) is 12.2. The number of ether oxygens (including phenoxy) is 2. The Morgan fingerprint density at radius 3 is 1.94 bits per heavy atom. The van der Waals surface area contributed by atoms with Crippen molar-refractivity contribution in [1.82, 2.24) is 0 Å². The minimum atomic E-state index is -0.656. The Labute approximate surface area is 305 Å². The van der Waals surface area contributed by atoms with Crippen LogP contribution in [0.2, 0.25) is 0 Å². The summed E-state index contributed by atoms with van der Waals surface area (Å²) in [7, 11) is 0. The highest BCUT2D eigenvalue weighted by Gasteiger charge is 2.25. The van der Waals surface area contributed by atoms with Gasteiger partial charge in [0.2, 0.25) is 0 Å². The van der Waals surface area contributed by atoms with E-state index >= 15 is 0 Å². The Kier molecular flexibility index (Phi) is 15.7. The number of carbonyl (C=O) groups excluding carboxylic acids is 2. The summed E-state index contributed by atoms with van der Waals surface area (Å²) in [4.78, 5) is 24.1. The first kappa shape index (κ1) is 39.8. The molecule has 0 aliphatic heterocycles. The van der Waals surface area contributed by atoms with Gasteiger partial charge in [-0.2, -0.15) is 0 Å². The van der Waals surface area contributed by atoms with Crippen molar-refractivity contribution >= 4 is 11.9 Å². The lowest BCUT2D eigenvalue weighted by Crippen LogP contribution is -2.24. The maximum atomic E-state index is 12.1. The fraction of sp³-hybridized carbons (Fsp3) is 0.467. The standard InChI is InChI=1S/C45H58O6/c1-6-8-9-10-37-19-22-42(26-36(37)7-2)39-17-20-40(21-18-39)43-24-23-41(25-31(43)3)38-15-13-34(14-16-38)11-12-35(29-50-44(48)32(4)27-46)30-51-45(49)33(5)28-47/h17-26,34-35,38,46-47H,4-16,27-30H2,1-3H3. The van der Waals surface area contributed by atoms with Crippen molar-refractivity contribution in [2.45, 2.75) is 97.3 Å². The van der Waals surface area contributed by atoms with Crippen LogP contribution < -0.4 is 0 Å². The molecule has 4 rings (SSSR count). The van der Waals surface area contributed by atoms with Crippen molar-refractivity contribution in [2.24, 2.45) is 11.8 Å². The first-order valence-corrected chi connectivity index (χ1v) is 18.9. The number of aryl methyl sites for hydroxylation is 3. The van der Waals surface area contributed by atoms with Crippen LogP contribution in [-0.4, -0.2) is 48.6 Å². The van der Waals surface area contributed by atoms with Crippen LogP contribution in [0.1, 0.15) is 99.8 Å². The highest BCUT2D eigenvalue weighted by molar-refractivity contribution is 5.88. The molecule has 0 bridgehead atoms. The zero-order chi connectivity index (χ0) is 36.8. The van der Waals surface area contributed by atoms with Crippen LogP contribution in [-0.2, 0) is 31.9 Å². The summed E-state index contributed by atoms with van der Waals surface area (Å²) in [6, 6.07) is 23.0. The second kappa shape index (κ2) is 20.1. The Hall–Kier alpha value is -4.00. The van der Waals surface area contributed by atoms with Crippen molar-refractivity contribution < 1.29 is 29.3 Å². The summed E-state index contributed by atoms with van der Waals surface area (Å²) >= 11 is 0. The SMILES string of the molecule is C=C(CO)C(=O)OCC(CCC1CCC(c2ccc(-c3ccc(-c4ccc(CCCCC)c(CC)c4)cc3)c(C)c2)CC1)COC(=O)C(=C)CO. The van der Waals surface area contributed by atoms with Crippen LogP contribution in [0, 0.1) is 18.8 Å². The largest absolute Gasteiger partial charge is 0.462 e. The van der Waals surface area contributed by atoms with Crippen LogP contribution in [0.25, 0.3) is 22.3 Å². The number of benzene rings is 3. The summed E-state index contributed by atoms with van der Waals surface area (Å²) in [6.45, 7) is 12.9. The smallest absolute Gasteiger partial charge is 0.335 e. The topological polar surface area (TPSA) is 93.1 Å². The van der Waals surface area contributed by atoms with E-state index < -0.39 is 25.2 Å². The number of hydrogen-bond donors (Lipinski definition) is 2. The second-order valence-corrected chi connectivity index (χ2v) is 14.3. The Morgan fingerprint density at radius 2 is 1.37 bits per heavy atom. The average molecular weight is 695 g/mol. The third-order valence-corrected chi connectivity index (χ3v) is 10.6. The van der Waals surface area contributed by atoms with E-state index in [1.807, 2.05) is 0 Å². The monoisotopic (exact) mass is 694 g/mol. The van der Waals surface area contributed by atoms with Crippen LogP contribution >= 0.6 is 0 Å². The molecule has 51 heavy (non-hydrogen) atoms. The molecule has 274 valence electrons. The molecule has 0 amide bonds. The molecule has 0 saturated heterocycles. The first-order valence-electron chi connectivity index (χ1n) is 18.9. The predicted octanol–water partition coefficient (Wildman–Crippen LogP) is 9.48. The molecule has 0 aromatic heterocycles. The number of carbonyl (C=O) groups is 2. The first-order chi connectivity index (χ1) is 24.7. The van der Waals surface area contributed by atoms with Gasteiger partial charge in [0.05, 0.1) is 37.6 Å². The molecule has 3 aromatic rings. The van der Waals surface area contributed by atoms with E-state index in [1.165, 1.54) is 70.2 Å². The molecule has 1 saturated carbocycles. The van der Waals surface area contributed by atoms with Crippen LogP contribution in [0.3, 0.4) is 0 Å². The lowest BCUT2D eigenvalue weighted by Gasteiger charge is -2.30. The number of hydrogen-bond acceptors (Lipinski definition) is 6. The number of esters is 2. The van der Waals surface area contributed by atoms with Crippen LogP contribution in [0.5, 0.6) is 0 Å². The van der Waals surface area contributed by atoms with E-state index in [4.69, 9.17) is 9.47 Å². The lowest BCUT2D eigenvalue weighted by molar-refractivity contribution is -0.144. The molecule has 1 aliphatic rings. The minimum Gasteiger partial charge on any atom is -0.462 e. The lowest BCUT2D eigenvalue weighted by atomic mass is 9.76. The molecule has 0 radical (unpaired) electrons. The van der Waals surface area contributed by atoms with Crippen molar-refractivity contribution in [3.63, 3.8) is 0 Å². The van der Waals surface area contributed by atoms with Gasteiger partial charge in [0.1, 0.15) is 0 Å². The van der Waals surface area contributed by atoms with Gasteiger partial charge >= 0.3 is 11.9 Å². The highest BCUT2D eigenvalue weighted by Crippen LogP contribution is 2.39. The number of aliphatic hydroxyl groups excluding tert-OH is 2. The van der Waals surface area contributed by atoms with Gasteiger partial charge in [-0.3, -0.25) is 0 Å². The van der Waals surface area contributed by atoms with Gasteiger partial charge < -0.3 is 19.7 Å². The maximum absolute atomic E-state index is 12.1. The van der Waals surface area contributed by atoms with E-state index in [0.717, 1.165) is 44.9 Å². The fourth-order valence-corrected chi connectivity index (χ4v) is 7.24. The molecule has 0 heterocycles. The molecule has 1 aliphatic carbocycles. The Bertz CT molecular complexity index is 1580. The number of aliphatic hydroxyl groups is 2. The van der Waals surface area contributed by atoms with E-state index in [1.54, 1.807) is 0 Å². The van der Waals surface area contributed by atoms with Crippen LogP contribution in [0.15, 0.2) is 85.0 Å². The maximum Gasteiger partial charge on any atom is 0.335 e. The summed E-state index contributed by atoms with van der Waals surface area (Å²) in [5.74, 6) is -0.444. The van der Waals surface area contributed by atoms with Crippen molar-refractivity contribution in [3.05, 3.63) is 107 Å². The van der Waals surface area contributed by atoms with Gasteiger partial charge in [-0.15, -0.1) is 0 Å². The summed E-state index contributed by atoms with van der Waals surface area (Å²) in [5.41, 5.74) is 10.7. The molecule has 6 nitrogen and oxygen atoms in total. The third kappa shape index (κ3) is 11.5.